The standard InChI is InChI=1S/C30H12N4O2S4/c1-32-28-9-8-25(40-28)24-5-7-27(39-24)30-34-19-11-16-12-20-18(10-15(16)13-21(19)36-30)33-29(35-20)26-6-4-23(38-26)22-3-2-17(14-31)37-22/h2-13H. The van der Waals surface area contributed by atoms with Gasteiger partial charge in [-0.3, -0.25) is 0 Å². The predicted molar refractivity (Wildman–Crippen MR) is 163 cm³/mol. The maximum Gasteiger partial charge on any atom is 0.241 e. The van der Waals surface area contributed by atoms with E-state index in [-0.39, 0.29) is 0 Å². The largest absolute Gasteiger partial charge is 0.435 e. The van der Waals surface area contributed by atoms with Crippen LogP contribution in [0.5, 0.6) is 0 Å². The number of hydrogen-bond donors (Lipinski definition) is 0. The van der Waals surface area contributed by atoms with Crippen molar-refractivity contribution in [2.45, 2.75) is 0 Å². The van der Waals surface area contributed by atoms with E-state index in [2.05, 4.69) is 10.9 Å². The molecule has 0 aliphatic heterocycles. The van der Waals surface area contributed by atoms with Gasteiger partial charge in [0.05, 0.1) is 16.3 Å². The summed E-state index contributed by atoms with van der Waals surface area (Å²) in [6.45, 7) is 7.20. The van der Waals surface area contributed by atoms with Crippen LogP contribution >= 0.6 is 45.3 Å². The number of nitriles is 1. The van der Waals surface area contributed by atoms with Crippen molar-refractivity contribution in [2.75, 3.05) is 0 Å². The topological polar surface area (TPSA) is 80.2 Å². The quantitative estimate of drug-likeness (QED) is 0.191. The molecule has 8 rings (SSSR count). The Balaban J connectivity index is 1.13. The first-order valence-corrected chi connectivity index (χ1v) is 15.2. The van der Waals surface area contributed by atoms with Gasteiger partial charge in [-0.15, -0.1) is 34.0 Å². The summed E-state index contributed by atoms with van der Waals surface area (Å²) in [5.41, 5.74) is 2.97. The Morgan fingerprint density at radius 2 is 1.12 bits per heavy atom. The molecule has 188 valence electrons. The molecule has 0 saturated carbocycles. The molecule has 40 heavy (non-hydrogen) atoms. The predicted octanol–water partition coefficient (Wildman–Crippen LogP) is 10.5. The lowest BCUT2D eigenvalue weighted by atomic mass is 10.1. The van der Waals surface area contributed by atoms with Gasteiger partial charge in [0.2, 0.25) is 16.8 Å². The van der Waals surface area contributed by atoms with Crippen molar-refractivity contribution in [3.63, 3.8) is 0 Å². The van der Waals surface area contributed by atoms with Gasteiger partial charge in [-0.25, -0.2) is 14.8 Å². The summed E-state index contributed by atoms with van der Waals surface area (Å²) in [6.07, 6.45) is 0. The average Bonchev–Trinajstić information content (AvgIpc) is 3.81. The number of fused-ring (bicyclic) bond motifs is 3. The van der Waals surface area contributed by atoms with Crippen LogP contribution in [0.2, 0.25) is 0 Å². The molecule has 2 aromatic carbocycles. The van der Waals surface area contributed by atoms with Crippen LogP contribution in [0.25, 0.3) is 78.9 Å². The minimum Gasteiger partial charge on any atom is -0.435 e. The van der Waals surface area contributed by atoms with Crippen molar-refractivity contribution in [1.29, 1.82) is 5.26 Å². The van der Waals surface area contributed by atoms with E-state index in [1.165, 1.54) is 22.7 Å². The summed E-state index contributed by atoms with van der Waals surface area (Å²) in [5.74, 6) is 1.15. The van der Waals surface area contributed by atoms with Crippen LogP contribution in [0.15, 0.2) is 81.6 Å². The number of benzene rings is 2. The first kappa shape index (κ1) is 23.3. The number of nitrogens with zero attached hydrogens (tertiary/aromatic N) is 4. The van der Waals surface area contributed by atoms with Crippen molar-refractivity contribution < 1.29 is 8.83 Å². The number of thiophene rings is 4. The Morgan fingerprint density at radius 1 is 0.625 bits per heavy atom. The summed E-state index contributed by atoms with van der Waals surface area (Å²) in [6, 6.07) is 26.0. The van der Waals surface area contributed by atoms with Gasteiger partial charge in [0.25, 0.3) is 0 Å². The lowest BCUT2D eigenvalue weighted by Gasteiger charge is -1.96. The highest BCUT2D eigenvalue weighted by molar-refractivity contribution is 7.25. The van der Waals surface area contributed by atoms with Gasteiger partial charge in [-0.1, -0.05) is 6.07 Å². The fourth-order valence-electron chi connectivity index (χ4n) is 4.53. The highest BCUT2D eigenvalue weighted by atomic mass is 32.1. The van der Waals surface area contributed by atoms with E-state index in [1.807, 2.05) is 72.8 Å². The second kappa shape index (κ2) is 8.98. The van der Waals surface area contributed by atoms with Crippen LogP contribution in [0.4, 0.5) is 5.00 Å². The van der Waals surface area contributed by atoms with E-state index >= 15 is 0 Å². The number of oxazole rings is 2. The lowest BCUT2D eigenvalue weighted by molar-refractivity contribution is 0.621. The Kier molecular flexibility index (Phi) is 5.24. The molecular formula is C30H12N4O2S4. The first-order chi connectivity index (χ1) is 19.6. The third-order valence-electron chi connectivity index (χ3n) is 6.39. The van der Waals surface area contributed by atoms with Crippen molar-refractivity contribution in [3.05, 3.63) is 89.1 Å². The number of hydrogen-bond acceptors (Lipinski definition) is 9. The molecule has 0 bridgehead atoms. The molecule has 0 unspecified atom stereocenters. The van der Waals surface area contributed by atoms with E-state index in [0.29, 0.717) is 32.8 Å². The van der Waals surface area contributed by atoms with Crippen molar-refractivity contribution in [1.82, 2.24) is 9.97 Å². The SMILES string of the molecule is [C-]#[N+]c1ccc(-c2ccc(-c3nc4cc5cc6oc(-c7ccc(-c8ccc(C#N)s8)s7)nc6cc5cc4o3)s2)s1. The molecule has 0 N–H and O–H groups in total. The number of aromatic nitrogens is 2. The van der Waals surface area contributed by atoms with Gasteiger partial charge in [0, 0.05) is 19.5 Å². The third kappa shape index (κ3) is 3.86. The van der Waals surface area contributed by atoms with Crippen LogP contribution in [0, 0.1) is 17.9 Å². The van der Waals surface area contributed by atoms with Crippen molar-refractivity contribution >= 4 is 83.3 Å². The van der Waals surface area contributed by atoms with Crippen LogP contribution in [0.3, 0.4) is 0 Å². The fraction of sp³-hybridized carbons (Fsp3) is 0. The molecule has 0 spiro atoms. The van der Waals surface area contributed by atoms with Crippen LogP contribution < -0.4 is 0 Å². The molecule has 0 fully saturated rings. The van der Waals surface area contributed by atoms with Gasteiger partial charge < -0.3 is 8.83 Å². The van der Waals surface area contributed by atoms with Gasteiger partial charge in [-0.05, 0) is 77.5 Å². The molecule has 0 aliphatic carbocycles. The monoisotopic (exact) mass is 588 g/mol. The fourth-order valence-corrected chi connectivity index (χ4v) is 8.17. The summed E-state index contributed by atoms with van der Waals surface area (Å²) in [7, 11) is 0. The molecule has 0 aliphatic rings. The zero-order valence-corrected chi connectivity index (χ0v) is 23.4. The highest BCUT2D eigenvalue weighted by Crippen LogP contribution is 2.41. The van der Waals surface area contributed by atoms with Gasteiger partial charge >= 0.3 is 0 Å². The third-order valence-corrected chi connectivity index (χ3v) is 10.9. The van der Waals surface area contributed by atoms with Crippen molar-refractivity contribution in [3.8, 4) is 47.1 Å². The summed E-state index contributed by atoms with van der Waals surface area (Å²) in [4.78, 5) is 19.9. The molecule has 6 aromatic heterocycles. The summed E-state index contributed by atoms with van der Waals surface area (Å²) < 4.78 is 12.3. The van der Waals surface area contributed by atoms with Crippen LogP contribution in [0.1, 0.15) is 4.88 Å². The second-order valence-corrected chi connectivity index (χ2v) is 13.2. The average molecular weight is 589 g/mol. The Bertz CT molecular complexity index is 2100. The van der Waals surface area contributed by atoms with Gasteiger partial charge in [-0.2, -0.15) is 16.6 Å². The van der Waals surface area contributed by atoms with Crippen LogP contribution in [-0.2, 0) is 0 Å². The second-order valence-electron chi connectivity index (χ2n) is 8.88. The first-order valence-electron chi connectivity index (χ1n) is 12.0. The molecule has 0 amide bonds. The summed E-state index contributed by atoms with van der Waals surface area (Å²) >= 11 is 6.16. The summed E-state index contributed by atoms with van der Waals surface area (Å²) in [5, 5.41) is 11.8. The molecule has 0 atom stereocenters. The minimum absolute atomic E-state index is 0.575. The minimum atomic E-state index is 0.575. The zero-order valence-electron chi connectivity index (χ0n) is 20.2. The van der Waals surface area contributed by atoms with E-state index in [1.54, 1.807) is 22.7 Å². The highest BCUT2D eigenvalue weighted by Gasteiger charge is 2.16. The molecule has 0 saturated heterocycles. The van der Waals surface area contributed by atoms with E-state index in [0.717, 1.165) is 51.1 Å². The lowest BCUT2D eigenvalue weighted by Crippen LogP contribution is -1.76. The van der Waals surface area contributed by atoms with Gasteiger partial charge in [0.1, 0.15) is 22.0 Å². The van der Waals surface area contributed by atoms with Gasteiger partial charge in [0.15, 0.2) is 11.2 Å². The van der Waals surface area contributed by atoms with Crippen molar-refractivity contribution in [2.24, 2.45) is 0 Å². The molecule has 6 nitrogen and oxygen atoms in total. The molecule has 10 heteroatoms. The Hall–Kier alpha value is -4.58. The maximum atomic E-state index is 9.13. The molecule has 6 heterocycles. The molecule has 0 radical (unpaired) electrons. The molecule has 8 aromatic rings. The Morgan fingerprint density at radius 3 is 1.65 bits per heavy atom. The zero-order chi connectivity index (χ0) is 26.8. The molecular weight excluding hydrogens is 577 g/mol. The maximum absolute atomic E-state index is 9.13. The van der Waals surface area contributed by atoms with E-state index in [9.17, 15) is 0 Å². The van der Waals surface area contributed by atoms with E-state index in [4.69, 9.17) is 30.6 Å². The van der Waals surface area contributed by atoms with E-state index < -0.39 is 0 Å². The number of rotatable bonds is 4. The van der Waals surface area contributed by atoms with Crippen LogP contribution in [-0.4, -0.2) is 9.97 Å². The Labute approximate surface area is 242 Å². The smallest absolute Gasteiger partial charge is 0.241 e. The normalized spacial score (nSPS) is 11.4.